The zero-order valence-electron chi connectivity index (χ0n) is 15.6. The largest absolute Gasteiger partial charge is 0.455 e. The number of hydrogen-bond donors (Lipinski definition) is 1. The van der Waals surface area contributed by atoms with Crippen LogP contribution in [-0.4, -0.2) is 42.1 Å². The average Bonchev–Trinajstić information content (AvgIpc) is 3.30. The van der Waals surface area contributed by atoms with Gasteiger partial charge in [-0.1, -0.05) is 6.42 Å². The molecule has 1 spiro atoms. The second-order valence-electron chi connectivity index (χ2n) is 8.84. The molecule has 28 heavy (non-hydrogen) atoms. The van der Waals surface area contributed by atoms with Crippen molar-refractivity contribution in [3.05, 3.63) is 23.7 Å². The molecular formula is C20H25F3N2O3. The van der Waals surface area contributed by atoms with Crippen molar-refractivity contribution in [2.24, 2.45) is 17.8 Å². The molecule has 1 aromatic heterocycles. The minimum Gasteiger partial charge on any atom is -0.455 e. The highest BCUT2D eigenvalue weighted by Crippen LogP contribution is 2.54. The number of furan rings is 1. The van der Waals surface area contributed by atoms with Crippen LogP contribution in [0, 0.1) is 17.8 Å². The van der Waals surface area contributed by atoms with Gasteiger partial charge in [-0.2, -0.15) is 13.2 Å². The summed E-state index contributed by atoms with van der Waals surface area (Å²) in [7, 11) is 0. The van der Waals surface area contributed by atoms with Gasteiger partial charge in [-0.15, -0.1) is 0 Å². The number of nitrogens with zero attached hydrogens (tertiary/aromatic N) is 1. The number of carbonyl (C=O) groups excluding carboxylic acids is 1. The predicted octanol–water partition coefficient (Wildman–Crippen LogP) is 3.19. The Morgan fingerprint density at radius 3 is 2.79 bits per heavy atom. The number of halogens is 3. The van der Waals surface area contributed by atoms with Gasteiger partial charge in [0, 0.05) is 37.4 Å². The van der Waals surface area contributed by atoms with Crippen molar-refractivity contribution >= 4 is 5.91 Å². The van der Waals surface area contributed by atoms with Crippen LogP contribution >= 0.6 is 0 Å². The molecule has 0 radical (unpaired) electrons. The van der Waals surface area contributed by atoms with Crippen LogP contribution in [0.2, 0.25) is 0 Å². The van der Waals surface area contributed by atoms with Crippen molar-refractivity contribution in [3.8, 4) is 0 Å². The molecule has 8 heteroatoms. The topological polar surface area (TPSA) is 54.7 Å². The fourth-order valence-corrected chi connectivity index (χ4v) is 5.55. The third-order valence-corrected chi connectivity index (χ3v) is 7.16. The molecule has 0 aromatic carbocycles. The lowest BCUT2D eigenvalue weighted by atomic mass is 9.73. The zero-order chi connectivity index (χ0) is 19.5. The van der Waals surface area contributed by atoms with Crippen LogP contribution in [0.5, 0.6) is 0 Å². The Kier molecular flexibility index (Phi) is 4.28. The molecular weight excluding hydrogens is 373 g/mol. The number of ether oxygens (including phenoxy) is 1. The van der Waals surface area contributed by atoms with Gasteiger partial charge in [0.15, 0.2) is 0 Å². The fraction of sp³-hybridized carbons (Fsp3) is 0.750. The first-order valence-electron chi connectivity index (χ1n) is 10.2. The molecule has 4 atom stereocenters. The first-order valence-corrected chi connectivity index (χ1v) is 10.2. The van der Waals surface area contributed by atoms with Crippen LogP contribution in [0.3, 0.4) is 0 Å². The maximum atomic E-state index is 12.7. The van der Waals surface area contributed by atoms with E-state index >= 15 is 0 Å². The van der Waals surface area contributed by atoms with Crippen LogP contribution in [0.15, 0.2) is 16.5 Å². The summed E-state index contributed by atoms with van der Waals surface area (Å²) in [5, 5.41) is 3.12. The van der Waals surface area contributed by atoms with E-state index in [0.29, 0.717) is 31.3 Å². The SMILES string of the molecule is O=C(NC[C@H]1[C@H]2CN(Cc3ccc(C(F)(F)F)o3)C[C@]23CC[C@H]1O3)C1CCC1. The van der Waals surface area contributed by atoms with Gasteiger partial charge in [-0.3, -0.25) is 9.69 Å². The van der Waals surface area contributed by atoms with Crippen molar-refractivity contribution in [1.29, 1.82) is 0 Å². The average molecular weight is 398 g/mol. The van der Waals surface area contributed by atoms with E-state index in [0.717, 1.165) is 44.7 Å². The molecule has 1 aromatic rings. The van der Waals surface area contributed by atoms with E-state index in [1.165, 1.54) is 6.07 Å². The summed E-state index contributed by atoms with van der Waals surface area (Å²) in [5.74, 6) is 0.306. The number of hydrogen-bond acceptors (Lipinski definition) is 4. The smallest absolute Gasteiger partial charge is 0.449 e. The third-order valence-electron chi connectivity index (χ3n) is 7.16. The van der Waals surface area contributed by atoms with Gasteiger partial charge in [0.1, 0.15) is 5.76 Å². The molecule has 4 fully saturated rings. The van der Waals surface area contributed by atoms with Gasteiger partial charge in [0.05, 0.1) is 18.2 Å². The predicted molar refractivity (Wildman–Crippen MR) is 93.2 cm³/mol. The van der Waals surface area contributed by atoms with Crippen molar-refractivity contribution in [2.45, 2.75) is 56.5 Å². The molecule has 5 nitrogen and oxygen atoms in total. The summed E-state index contributed by atoms with van der Waals surface area (Å²) < 4.78 is 49.6. The maximum absolute atomic E-state index is 12.7. The van der Waals surface area contributed by atoms with Gasteiger partial charge in [0.25, 0.3) is 0 Å². The Balaban J connectivity index is 1.22. The quantitative estimate of drug-likeness (QED) is 0.828. The summed E-state index contributed by atoms with van der Waals surface area (Å²) in [4.78, 5) is 14.3. The number of rotatable bonds is 5. The molecule has 1 saturated carbocycles. The number of carbonyl (C=O) groups is 1. The lowest BCUT2D eigenvalue weighted by molar-refractivity contribution is -0.153. The second-order valence-corrected chi connectivity index (χ2v) is 8.84. The Morgan fingerprint density at radius 1 is 1.29 bits per heavy atom. The molecule has 1 N–H and O–H groups in total. The lowest BCUT2D eigenvalue weighted by Crippen LogP contribution is -2.44. The molecule has 2 bridgehead atoms. The maximum Gasteiger partial charge on any atom is 0.449 e. The van der Waals surface area contributed by atoms with Gasteiger partial charge >= 0.3 is 6.18 Å². The van der Waals surface area contributed by atoms with Crippen molar-refractivity contribution in [1.82, 2.24) is 10.2 Å². The summed E-state index contributed by atoms with van der Waals surface area (Å²) in [6.45, 7) is 2.47. The van der Waals surface area contributed by atoms with E-state index in [1.807, 2.05) is 0 Å². The van der Waals surface area contributed by atoms with Gasteiger partial charge in [0.2, 0.25) is 11.7 Å². The summed E-state index contributed by atoms with van der Waals surface area (Å²) in [6, 6.07) is 2.40. The third kappa shape index (κ3) is 3.05. The Hall–Kier alpha value is -1.54. The number of fused-ring (bicyclic) bond motifs is 1. The summed E-state index contributed by atoms with van der Waals surface area (Å²) in [5.41, 5.74) is -0.212. The molecule has 4 aliphatic rings. The monoisotopic (exact) mass is 398 g/mol. The molecule has 154 valence electrons. The van der Waals surface area contributed by atoms with E-state index in [9.17, 15) is 18.0 Å². The molecule has 4 heterocycles. The van der Waals surface area contributed by atoms with Gasteiger partial charge < -0.3 is 14.5 Å². The van der Waals surface area contributed by atoms with E-state index < -0.39 is 11.9 Å². The molecule has 1 aliphatic carbocycles. The van der Waals surface area contributed by atoms with Gasteiger partial charge in [-0.25, -0.2) is 0 Å². The highest BCUT2D eigenvalue weighted by molar-refractivity contribution is 5.79. The van der Waals surface area contributed by atoms with Crippen LogP contribution < -0.4 is 5.32 Å². The number of nitrogens with one attached hydrogen (secondary N) is 1. The number of amides is 1. The second kappa shape index (κ2) is 6.49. The molecule has 5 rings (SSSR count). The van der Waals surface area contributed by atoms with Crippen LogP contribution in [0.1, 0.15) is 43.6 Å². The van der Waals surface area contributed by atoms with Crippen molar-refractivity contribution in [2.75, 3.05) is 19.6 Å². The lowest BCUT2D eigenvalue weighted by Gasteiger charge is -2.31. The first kappa shape index (κ1) is 18.5. The minimum absolute atomic E-state index is 0.160. The van der Waals surface area contributed by atoms with Crippen LogP contribution in [0.4, 0.5) is 13.2 Å². The number of alkyl halides is 3. The Morgan fingerprint density at radius 2 is 2.11 bits per heavy atom. The highest BCUT2D eigenvalue weighted by atomic mass is 19.4. The van der Waals surface area contributed by atoms with E-state index in [2.05, 4.69) is 10.2 Å². The molecule has 1 amide bonds. The minimum atomic E-state index is -4.45. The van der Waals surface area contributed by atoms with Crippen molar-refractivity contribution in [3.63, 3.8) is 0 Å². The van der Waals surface area contributed by atoms with Crippen molar-refractivity contribution < 1.29 is 27.1 Å². The number of likely N-dealkylation sites (tertiary alicyclic amines) is 1. The zero-order valence-corrected chi connectivity index (χ0v) is 15.6. The van der Waals surface area contributed by atoms with E-state index in [4.69, 9.17) is 9.15 Å². The summed E-state index contributed by atoms with van der Waals surface area (Å²) in [6.07, 6.45) is 0.821. The normalized spacial score (nSPS) is 35.2. The molecule has 0 unspecified atom stereocenters. The standard InChI is InChI=1S/C20H25F3N2O3/c21-20(22,23)17-5-4-13(27-17)9-25-10-15-14(8-24-18(26)12-2-1-3-12)16-6-7-19(15,11-25)28-16/h4-5,12,14-16H,1-3,6-11H2,(H,24,26)/t14-,15+,16+,19+/m0/s1. The van der Waals surface area contributed by atoms with Gasteiger partial charge in [-0.05, 0) is 37.8 Å². The van der Waals surface area contributed by atoms with E-state index in [1.54, 1.807) is 0 Å². The van der Waals surface area contributed by atoms with Crippen LogP contribution in [0.25, 0.3) is 0 Å². The van der Waals surface area contributed by atoms with Crippen LogP contribution in [-0.2, 0) is 22.3 Å². The first-order chi connectivity index (χ1) is 13.3. The van der Waals surface area contributed by atoms with E-state index in [-0.39, 0.29) is 29.4 Å². The Bertz CT molecular complexity index is 760. The molecule has 3 saturated heterocycles. The Labute approximate surface area is 161 Å². The summed E-state index contributed by atoms with van der Waals surface area (Å²) >= 11 is 0. The highest BCUT2D eigenvalue weighted by Gasteiger charge is 2.62. The molecule has 3 aliphatic heterocycles. The fourth-order valence-electron chi connectivity index (χ4n) is 5.55.